The average molecular weight is 871 g/mol. The average Bonchev–Trinajstić information content (AvgIpc) is 3.79. The second kappa shape index (κ2) is 20.2. The van der Waals surface area contributed by atoms with Crippen LogP contribution in [0.2, 0.25) is 0 Å². The third-order valence-corrected chi connectivity index (χ3v) is 12.8. The van der Waals surface area contributed by atoms with Crippen molar-refractivity contribution in [1.82, 2.24) is 20.5 Å². The number of alkyl carbamates (subject to hydrolysis) is 1. The van der Waals surface area contributed by atoms with Gasteiger partial charge in [-0.05, 0) is 109 Å². The number of Topliss-reactive ketones (excluding diaryl/α,β-unsaturated/α-hetero) is 1. The zero-order valence-electron chi connectivity index (χ0n) is 34.7. The van der Waals surface area contributed by atoms with E-state index in [1.165, 1.54) is 23.5 Å². The standard InChI is InChI=1S/C49H50N4O9S/c54-40(44-19-15-37(63-44)27-50-28-42(56)38-16-18-41(55)47-39(38)17-20-45(57)51-47)10-5-25-60-48(58)34-13-11-31(12-14-34)30-61-36-9-4-8-35(26-36)46(33-6-2-1-3-7-33)52-49(59)62-43-29-53-23-21-32(43)22-24-53/h1-4,6-9,11-20,26,32,42-43,46,50,55-56H,5,10,21-25,27-30H2,(H,51,57)(H,52,59)/t42-,43-,46-/m0/s1. The van der Waals surface area contributed by atoms with Crippen LogP contribution in [-0.4, -0.2) is 76.8 Å². The largest absolute Gasteiger partial charge is 0.506 e. The number of nitrogens with one attached hydrogen (secondary N) is 3. The van der Waals surface area contributed by atoms with Crippen molar-refractivity contribution >= 4 is 40.1 Å². The molecule has 63 heavy (non-hydrogen) atoms. The number of nitrogens with zero attached hydrogens (tertiary/aromatic N) is 1. The Morgan fingerprint density at radius 1 is 0.889 bits per heavy atom. The van der Waals surface area contributed by atoms with Crippen molar-refractivity contribution in [3.05, 3.63) is 163 Å². The van der Waals surface area contributed by atoms with E-state index in [0.29, 0.717) is 46.0 Å². The summed E-state index contributed by atoms with van der Waals surface area (Å²) in [6, 6.07) is 33.6. The van der Waals surface area contributed by atoms with Crippen LogP contribution < -0.4 is 20.9 Å². The molecule has 0 radical (unpaired) electrons. The first-order chi connectivity index (χ1) is 30.7. The molecule has 3 fully saturated rings. The lowest BCUT2D eigenvalue weighted by Gasteiger charge is -2.43. The first-order valence-electron chi connectivity index (χ1n) is 21.3. The number of aromatic hydroxyl groups is 1. The van der Waals surface area contributed by atoms with Crippen molar-refractivity contribution in [2.45, 2.75) is 57.1 Å². The van der Waals surface area contributed by atoms with Gasteiger partial charge in [0, 0.05) is 42.4 Å². The van der Waals surface area contributed by atoms with E-state index in [1.54, 1.807) is 30.3 Å². The maximum atomic E-state index is 13.2. The van der Waals surface area contributed by atoms with Crippen LogP contribution in [0.25, 0.3) is 10.9 Å². The number of H-pyrrole nitrogens is 1. The maximum Gasteiger partial charge on any atom is 0.408 e. The van der Waals surface area contributed by atoms with Gasteiger partial charge < -0.3 is 40.0 Å². The summed E-state index contributed by atoms with van der Waals surface area (Å²) in [7, 11) is 0. The number of hydrogen-bond acceptors (Lipinski definition) is 12. The molecule has 3 aliphatic heterocycles. The molecule has 9 rings (SSSR count). The second-order valence-electron chi connectivity index (χ2n) is 16.0. The van der Waals surface area contributed by atoms with Gasteiger partial charge in [-0.1, -0.05) is 60.7 Å². The molecule has 4 aromatic carbocycles. The molecule has 0 saturated carbocycles. The van der Waals surface area contributed by atoms with Crippen molar-refractivity contribution in [3.8, 4) is 11.5 Å². The first kappa shape index (κ1) is 43.3. The number of carbonyl (C=O) groups excluding carboxylic acids is 3. The summed E-state index contributed by atoms with van der Waals surface area (Å²) in [5, 5.41) is 27.8. The molecule has 0 spiro atoms. The van der Waals surface area contributed by atoms with Crippen molar-refractivity contribution < 1.29 is 38.8 Å². The lowest BCUT2D eigenvalue weighted by atomic mass is 9.86. The highest BCUT2D eigenvalue weighted by Gasteiger charge is 2.37. The SMILES string of the molecule is O=C(N[C@@H](c1ccccc1)c1cccc(OCc2ccc(C(=O)OCCCC(=O)c3ccc(CNC[C@H](O)c4ccc(O)c5[nH]c(=O)ccc45)s3)cc2)c1)O[C@H]1CN2CCC1CC2. The number of hydrogen-bond donors (Lipinski definition) is 5. The number of aliphatic hydroxyl groups excluding tert-OH is 1. The molecule has 5 N–H and O–H groups in total. The van der Waals surface area contributed by atoms with Gasteiger partial charge in [0.1, 0.15) is 24.2 Å². The Morgan fingerprint density at radius 2 is 1.68 bits per heavy atom. The number of aromatic nitrogens is 1. The number of carbonyl (C=O) groups is 3. The number of ether oxygens (including phenoxy) is 3. The van der Waals surface area contributed by atoms with E-state index in [1.807, 2.05) is 72.8 Å². The van der Waals surface area contributed by atoms with Crippen LogP contribution in [0.5, 0.6) is 11.5 Å². The Kier molecular flexibility index (Phi) is 13.9. The predicted molar refractivity (Wildman–Crippen MR) is 239 cm³/mol. The second-order valence-corrected chi connectivity index (χ2v) is 17.2. The predicted octanol–water partition coefficient (Wildman–Crippen LogP) is 7.43. The molecule has 14 heteroatoms. The molecule has 3 saturated heterocycles. The minimum absolute atomic E-state index is 0.0456. The lowest BCUT2D eigenvalue weighted by molar-refractivity contribution is -0.0336. The molecule has 3 aliphatic rings. The number of ketones is 1. The molecule has 5 heterocycles. The quantitative estimate of drug-likeness (QED) is 0.0330. The fraction of sp³-hybridized carbons (Fsp3) is 0.306. The van der Waals surface area contributed by atoms with Gasteiger partial charge in [-0.3, -0.25) is 14.5 Å². The summed E-state index contributed by atoms with van der Waals surface area (Å²) in [6.07, 6.45) is 1.29. The van der Waals surface area contributed by atoms with Crippen LogP contribution in [0.1, 0.15) is 85.0 Å². The Balaban J connectivity index is 0.762. The number of pyridine rings is 1. The number of aliphatic hydroxyl groups is 1. The van der Waals surface area contributed by atoms with Gasteiger partial charge >= 0.3 is 12.1 Å². The molecule has 2 aromatic heterocycles. The molecule has 2 bridgehead atoms. The molecule has 0 unspecified atom stereocenters. The van der Waals surface area contributed by atoms with Crippen LogP contribution in [0.4, 0.5) is 4.79 Å². The molecular formula is C49H50N4O9S. The normalized spacial score (nSPS) is 17.8. The molecule has 6 aromatic rings. The van der Waals surface area contributed by atoms with E-state index >= 15 is 0 Å². The molecule has 3 atom stereocenters. The van der Waals surface area contributed by atoms with Gasteiger partial charge in [-0.2, -0.15) is 0 Å². The van der Waals surface area contributed by atoms with E-state index in [4.69, 9.17) is 14.2 Å². The minimum atomic E-state index is -0.896. The summed E-state index contributed by atoms with van der Waals surface area (Å²) >= 11 is 1.36. The topological polar surface area (TPSA) is 180 Å². The van der Waals surface area contributed by atoms with Crippen LogP contribution in [-0.2, 0) is 22.6 Å². The van der Waals surface area contributed by atoms with Gasteiger partial charge in [-0.25, -0.2) is 9.59 Å². The van der Waals surface area contributed by atoms with E-state index in [2.05, 4.69) is 20.5 Å². The van der Waals surface area contributed by atoms with Gasteiger partial charge in [0.05, 0.1) is 34.7 Å². The van der Waals surface area contributed by atoms with E-state index in [-0.39, 0.29) is 54.9 Å². The third-order valence-electron chi connectivity index (χ3n) is 11.7. The third kappa shape index (κ3) is 11.0. The van der Waals surface area contributed by atoms with Gasteiger partial charge in [0.15, 0.2) is 5.78 Å². The van der Waals surface area contributed by atoms with E-state index < -0.39 is 24.2 Å². The molecule has 326 valence electrons. The molecule has 1 amide bonds. The highest BCUT2D eigenvalue weighted by atomic mass is 32.1. The van der Waals surface area contributed by atoms with E-state index in [9.17, 15) is 29.4 Å². The van der Waals surface area contributed by atoms with Gasteiger partial charge in [0.25, 0.3) is 0 Å². The van der Waals surface area contributed by atoms with Crippen LogP contribution in [0.15, 0.2) is 120 Å². The van der Waals surface area contributed by atoms with Crippen LogP contribution >= 0.6 is 11.3 Å². The maximum absolute atomic E-state index is 13.2. The van der Waals surface area contributed by atoms with Crippen molar-refractivity contribution in [1.29, 1.82) is 0 Å². The summed E-state index contributed by atoms with van der Waals surface area (Å²) < 4.78 is 17.6. The van der Waals surface area contributed by atoms with E-state index in [0.717, 1.165) is 54.0 Å². The Bertz CT molecular complexity index is 2590. The van der Waals surface area contributed by atoms with Gasteiger partial charge in [-0.15, -0.1) is 11.3 Å². The summed E-state index contributed by atoms with van der Waals surface area (Å²) in [4.78, 5) is 57.1. The van der Waals surface area contributed by atoms with Crippen molar-refractivity contribution in [2.75, 3.05) is 32.8 Å². The van der Waals surface area contributed by atoms with Crippen molar-refractivity contribution in [3.63, 3.8) is 0 Å². The first-order valence-corrected chi connectivity index (χ1v) is 22.1. The zero-order valence-corrected chi connectivity index (χ0v) is 35.5. The number of esters is 1. The number of thiophene rings is 1. The molecule has 0 aliphatic carbocycles. The number of piperidine rings is 3. The fourth-order valence-electron chi connectivity index (χ4n) is 8.24. The van der Waals surface area contributed by atoms with Crippen molar-refractivity contribution in [2.24, 2.45) is 5.92 Å². The van der Waals surface area contributed by atoms with Crippen LogP contribution in [0, 0.1) is 5.92 Å². The van der Waals surface area contributed by atoms with Crippen LogP contribution in [0.3, 0.4) is 0 Å². The fourth-order valence-corrected chi connectivity index (χ4v) is 9.19. The number of phenolic OH excluding ortho intramolecular Hbond substituents is 1. The number of rotatable bonds is 18. The zero-order chi connectivity index (χ0) is 43.7. The number of amides is 1. The monoisotopic (exact) mass is 870 g/mol. The lowest BCUT2D eigenvalue weighted by Crippen LogP contribution is -2.52. The highest BCUT2D eigenvalue weighted by Crippen LogP contribution is 2.32. The smallest absolute Gasteiger partial charge is 0.408 e. The summed E-state index contributed by atoms with van der Waals surface area (Å²) in [5.41, 5.74) is 3.52. The Labute approximate surface area is 368 Å². The van der Waals surface area contributed by atoms with Gasteiger partial charge in [0.2, 0.25) is 5.56 Å². The summed E-state index contributed by atoms with van der Waals surface area (Å²) in [6.45, 7) is 3.93. The number of aromatic amines is 1. The Morgan fingerprint density at radius 3 is 2.46 bits per heavy atom. The number of fused-ring (bicyclic) bond motifs is 4. The Hall–Kier alpha value is -6.32. The number of benzene rings is 4. The molecular weight excluding hydrogens is 821 g/mol. The summed E-state index contributed by atoms with van der Waals surface area (Å²) in [5.74, 6) is 0.445. The number of phenols is 1. The highest BCUT2D eigenvalue weighted by molar-refractivity contribution is 7.14. The molecule has 13 nitrogen and oxygen atoms in total. The minimum Gasteiger partial charge on any atom is -0.506 e.